The Morgan fingerprint density at radius 1 is 1.18 bits per heavy atom. The first-order valence-electron chi connectivity index (χ1n) is 4.90. The molecule has 1 unspecified atom stereocenters. The maximum Gasteiger partial charge on any atom is 0.416 e. The van der Waals surface area contributed by atoms with Gasteiger partial charge in [0.05, 0.1) is 19.8 Å². The SMILES string of the molecule is COc1ccc(C(F)(F)F)c(C(C)N)c1OC. The molecule has 0 aromatic heterocycles. The second-order valence-corrected chi connectivity index (χ2v) is 3.55. The third-order valence-corrected chi connectivity index (χ3v) is 2.34. The summed E-state index contributed by atoms with van der Waals surface area (Å²) in [5.74, 6) is 0.255. The van der Waals surface area contributed by atoms with E-state index < -0.39 is 17.8 Å². The summed E-state index contributed by atoms with van der Waals surface area (Å²) in [6.45, 7) is 1.46. The second-order valence-electron chi connectivity index (χ2n) is 3.55. The van der Waals surface area contributed by atoms with Gasteiger partial charge in [-0.05, 0) is 19.1 Å². The fourth-order valence-corrected chi connectivity index (χ4v) is 1.65. The molecule has 0 fully saturated rings. The van der Waals surface area contributed by atoms with E-state index in [4.69, 9.17) is 15.2 Å². The lowest BCUT2D eigenvalue weighted by Crippen LogP contribution is -2.17. The summed E-state index contributed by atoms with van der Waals surface area (Å²) >= 11 is 0. The van der Waals surface area contributed by atoms with Gasteiger partial charge in [0.15, 0.2) is 11.5 Å². The lowest BCUT2D eigenvalue weighted by atomic mass is 9.99. The van der Waals surface area contributed by atoms with Gasteiger partial charge in [-0.2, -0.15) is 13.2 Å². The number of halogens is 3. The molecule has 1 atom stereocenters. The summed E-state index contributed by atoms with van der Waals surface area (Å²) in [4.78, 5) is 0. The van der Waals surface area contributed by atoms with Crippen LogP contribution in [0.25, 0.3) is 0 Å². The quantitative estimate of drug-likeness (QED) is 0.895. The van der Waals surface area contributed by atoms with Gasteiger partial charge >= 0.3 is 6.18 Å². The van der Waals surface area contributed by atoms with Gasteiger partial charge in [-0.15, -0.1) is 0 Å². The molecule has 1 rings (SSSR count). The number of nitrogens with two attached hydrogens (primary N) is 1. The molecule has 0 aliphatic carbocycles. The van der Waals surface area contributed by atoms with Crippen molar-refractivity contribution in [3.8, 4) is 11.5 Å². The molecule has 1 aromatic carbocycles. The van der Waals surface area contributed by atoms with E-state index in [-0.39, 0.29) is 17.1 Å². The zero-order valence-corrected chi connectivity index (χ0v) is 9.76. The van der Waals surface area contributed by atoms with Gasteiger partial charge in [-0.25, -0.2) is 0 Å². The Balaban J connectivity index is 3.54. The van der Waals surface area contributed by atoms with Crippen molar-refractivity contribution in [1.82, 2.24) is 0 Å². The molecule has 0 aliphatic rings. The molecule has 0 heterocycles. The Morgan fingerprint density at radius 2 is 1.76 bits per heavy atom. The van der Waals surface area contributed by atoms with Crippen LogP contribution < -0.4 is 15.2 Å². The lowest BCUT2D eigenvalue weighted by Gasteiger charge is -2.20. The van der Waals surface area contributed by atoms with Crippen molar-refractivity contribution in [3.05, 3.63) is 23.3 Å². The Labute approximate surface area is 97.3 Å². The maximum atomic E-state index is 12.8. The van der Waals surface area contributed by atoms with E-state index in [0.29, 0.717) is 0 Å². The van der Waals surface area contributed by atoms with E-state index in [2.05, 4.69) is 0 Å². The Hall–Kier alpha value is -1.43. The van der Waals surface area contributed by atoms with Crippen LogP contribution in [-0.2, 0) is 6.18 Å². The zero-order chi connectivity index (χ0) is 13.2. The third-order valence-electron chi connectivity index (χ3n) is 2.34. The first-order chi connectivity index (χ1) is 7.82. The van der Waals surface area contributed by atoms with Crippen molar-refractivity contribution >= 4 is 0 Å². The molecule has 0 saturated carbocycles. The zero-order valence-electron chi connectivity index (χ0n) is 9.76. The summed E-state index contributed by atoms with van der Waals surface area (Å²) in [6.07, 6.45) is -4.47. The smallest absolute Gasteiger partial charge is 0.416 e. The molecule has 0 bridgehead atoms. The predicted molar refractivity (Wildman–Crippen MR) is 57.2 cm³/mol. The van der Waals surface area contributed by atoms with Crippen LogP contribution in [0.15, 0.2) is 12.1 Å². The van der Waals surface area contributed by atoms with Crippen molar-refractivity contribution in [1.29, 1.82) is 0 Å². The fourth-order valence-electron chi connectivity index (χ4n) is 1.65. The monoisotopic (exact) mass is 249 g/mol. The molecule has 6 heteroatoms. The van der Waals surface area contributed by atoms with Crippen molar-refractivity contribution in [3.63, 3.8) is 0 Å². The molecule has 96 valence electrons. The molecule has 1 aromatic rings. The van der Waals surface area contributed by atoms with E-state index in [0.717, 1.165) is 6.07 Å². The number of rotatable bonds is 3. The van der Waals surface area contributed by atoms with Crippen LogP contribution in [0.2, 0.25) is 0 Å². The van der Waals surface area contributed by atoms with Gasteiger partial charge in [-0.1, -0.05) is 0 Å². The molecule has 0 spiro atoms. The van der Waals surface area contributed by atoms with E-state index in [1.807, 2.05) is 0 Å². The van der Waals surface area contributed by atoms with E-state index in [1.165, 1.54) is 27.2 Å². The molecule has 0 radical (unpaired) electrons. The average Bonchev–Trinajstić information content (AvgIpc) is 2.25. The second kappa shape index (κ2) is 4.83. The summed E-state index contributed by atoms with van der Waals surface area (Å²) in [7, 11) is 2.64. The minimum Gasteiger partial charge on any atom is -0.493 e. The number of hydrogen-bond acceptors (Lipinski definition) is 3. The van der Waals surface area contributed by atoms with Gasteiger partial charge in [0.25, 0.3) is 0 Å². The molecule has 0 aliphatic heterocycles. The first-order valence-corrected chi connectivity index (χ1v) is 4.90. The summed E-state index contributed by atoms with van der Waals surface area (Å²) in [6, 6.07) is 1.35. The number of alkyl halides is 3. The number of benzene rings is 1. The molecular weight excluding hydrogens is 235 g/mol. The highest BCUT2D eigenvalue weighted by Gasteiger charge is 2.36. The van der Waals surface area contributed by atoms with Crippen LogP contribution in [0.4, 0.5) is 13.2 Å². The molecule has 2 N–H and O–H groups in total. The van der Waals surface area contributed by atoms with Crippen molar-refractivity contribution < 1.29 is 22.6 Å². The molecule has 17 heavy (non-hydrogen) atoms. The van der Waals surface area contributed by atoms with Crippen molar-refractivity contribution in [2.75, 3.05) is 14.2 Å². The van der Waals surface area contributed by atoms with Gasteiger partial charge in [-0.3, -0.25) is 0 Å². The fraction of sp³-hybridized carbons (Fsp3) is 0.455. The van der Waals surface area contributed by atoms with Crippen LogP contribution in [0, 0.1) is 0 Å². The minimum atomic E-state index is -4.47. The maximum absolute atomic E-state index is 12.8. The Bertz CT molecular complexity index is 402. The average molecular weight is 249 g/mol. The summed E-state index contributed by atoms with van der Waals surface area (Å²) in [5, 5.41) is 0. The molecule has 3 nitrogen and oxygen atoms in total. The molecule has 0 amide bonds. The highest BCUT2D eigenvalue weighted by atomic mass is 19.4. The standard InChI is InChI=1S/C11H14F3NO2/c1-6(15)9-7(11(12,13)14)4-5-8(16-2)10(9)17-3/h4-6H,15H2,1-3H3. The van der Waals surface area contributed by atoms with Crippen LogP contribution in [0.5, 0.6) is 11.5 Å². The predicted octanol–water partition coefficient (Wildman–Crippen LogP) is 2.74. The lowest BCUT2D eigenvalue weighted by molar-refractivity contribution is -0.138. The summed E-state index contributed by atoms with van der Waals surface area (Å²) in [5.41, 5.74) is 4.68. The highest BCUT2D eigenvalue weighted by molar-refractivity contribution is 5.53. The first kappa shape index (κ1) is 13.6. The number of ether oxygens (including phenoxy) is 2. The van der Waals surface area contributed by atoms with Gasteiger partial charge < -0.3 is 15.2 Å². The van der Waals surface area contributed by atoms with E-state index >= 15 is 0 Å². The van der Waals surface area contributed by atoms with Gasteiger partial charge in [0.2, 0.25) is 0 Å². The van der Waals surface area contributed by atoms with E-state index in [1.54, 1.807) is 0 Å². The molecular formula is C11H14F3NO2. The minimum absolute atomic E-state index is 0.0253. The third kappa shape index (κ3) is 2.63. The van der Waals surface area contributed by atoms with Gasteiger partial charge in [0, 0.05) is 11.6 Å². The van der Waals surface area contributed by atoms with Crippen LogP contribution in [-0.4, -0.2) is 14.2 Å². The Kier molecular flexibility index (Phi) is 3.87. The largest absolute Gasteiger partial charge is 0.493 e. The molecule has 0 saturated heterocycles. The van der Waals surface area contributed by atoms with Crippen molar-refractivity contribution in [2.45, 2.75) is 19.1 Å². The van der Waals surface area contributed by atoms with Crippen LogP contribution in [0.1, 0.15) is 24.1 Å². The van der Waals surface area contributed by atoms with Crippen molar-refractivity contribution in [2.24, 2.45) is 5.73 Å². The van der Waals surface area contributed by atoms with Gasteiger partial charge in [0.1, 0.15) is 0 Å². The topological polar surface area (TPSA) is 44.5 Å². The van der Waals surface area contributed by atoms with E-state index in [9.17, 15) is 13.2 Å². The highest BCUT2D eigenvalue weighted by Crippen LogP contribution is 2.43. The number of methoxy groups -OCH3 is 2. The Morgan fingerprint density at radius 3 is 2.12 bits per heavy atom. The normalized spacial score (nSPS) is 13.4. The van der Waals surface area contributed by atoms with Crippen LogP contribution in [0.3, 0.4) is 0 Å². The van der Waals surface area contributed by atoms with Crippen LogP contribution >= 0.6 is 0 Å². The summed E-state index contributed by atoms with van der Waals surface area (Å²) < 4.78 is 48.3. The number of hydrogen-bond donors (Lipinski definition) is 1.